The van der Waals surface area contributed by atoms with Crippen molar-refractivity contribution in [2.24, 2.45) is 0 Å². The Kier molecular flexibility index (Phi) is 2.26. The zero-order chi connectivity index (χ0) is 44.2. The molecule has 0 aliphatic heterocycles. The molecule has 0 fully saturated rings. The summed E-state index contributed by atoms with van der Waals surface area (Å²) in [6.45, 7) is 0. The Bertz CT molecular complexity index is 3320. The van der Waals surface area contributed by atoms with Crippen molar-refractivity contribution in [2.75, 3.05) is 0 Å². The van der Waals surface area contributed by atoms with E-state index in [0.717, 1.165) is 0 Å². The number of thiophene rings is 1. The summed E-state index contributed by atoms with van der Waals surface area (Å²) in [5.41, 5.74) is -4.05. The predicted octanol–water partition coefficient (Wildman–Crippen LogP) is 11.6. The second-order valence-corrected chi connectivity index (χ2v) is 9.61. The van der Waals surface area contributed by atoms with E-state index >= 15 is 0 Å². The fraction of sp³-hybridized carbons (Fsp3) is 0. The van der Waals surface area contributed by atoms with E-state index in [1.165, 1.54) is 0 Å². The number of benzene rings is 6. The number of furan rings is 1. The number of rotatable bonds is 3. The molecule has 6 aromatic carbocycles. The SMILES string of the molecule is [2H]c1c([2H])c([2H])c(-c2c([2H])c([2H])c([2H])c3c2sc2c(-c4c([2H])c([2H])c([2H])c(-c5c([2H])c([2H])c6oc7c([2H])c([2H])c([2H])c(Cl)c7c6c5[2H])c4[2H])c([2H])c([2H])c([2H])c23)c([2H])c1[2H]. The van der Waals surface area contributed by atoms with Crippen molar-refractivity contribution in [1.29, 1.82) is 0 Å². The number of hydrogen-bond acceptors (Lipinski definition) is 2. The van der Waals surface area contributed by atoms with Gasteiger partial charge in [0.25, 0.3) is 0 Å². The molecule has 0 aliphatic rings. The molecule has 39 heavy (non-hydrogen) atoms. The lowest BCUT2D eigenvalue weighted by Gasteiger charge is -2.08. The Morgan fingerprint density at radius 1 is 0.513 bits per heavy atom. The van der Waals surface area contributed by atoms with E-state index < -0.39 is 171 Å². The maximum Gasteiger partial charge on any atom is 0.136 e. The van der Waals surface area contributed by atoms with Gasteiger partial charge in [0.05, 0.1) is 33.8 Å². The average Bonchev–Trinajstić information content (AvgIpc) is 3.82. The predicted molar refractivity (Wildman–Crippen MR) is 168 cm³/mol. The van der Waals surface area contributed by atoms with Gasteiger partial charge in [0, 0.05) is 30.9 Å². The highest BCUT2D eigenvalue weighted by molar-refractivity contribution is 7.26. The molecule has 0 aliphatic carbocycles. The highest BCUT2D eigenvalue weighted by Gasteiger charge is 2.15. The number of halogens is 1. The monoisotopic (exact) mass is 557 g/mol. The third-order valence-corrected chi connectivity index (χ3v) is 7.52. The van der Waals surface area contributed by atoms with Gasteiger partial charge in [-0.25, -0.2) is 0 Å². The average molecular weight is 558 g/mol. The Hall–Kier alpha value is -4.37. The van der Waals surface area contributed by atoms with Crippen molar-refractivity contribution in [2.45, 2.75) is 0 Å². The van der Waals surface area contributed by atoms with Crippen molar-refractivity contribution in [3.63, 3.8) is 0 Å². The lowest BCUT2D eigenvalue weighted by atomic mass is 9.96. The summed E-state index contributed by atoms with van der Waals surface area (Å²) >= 11 is 7.07. The maximum atomic E-state index is 9.50. The maximum absolute atomic E-state index is 9.50. The molecule has 1 nitrogen and oxygen atoms in total. The van der Waals surface area contributed by atoms with Crippen LogP contribution >= 0.6 is 22.9 Å². The van der Waals surface area contributed by atoms with Gasteiger partial charge in [0.2, 0.25) is 0 Å². The van der Waals surface area contributed by atoms with Gasteiger partial charge < -0.3 is 4.42 Å². The minimum Gasteiger partial charge on any atom is -0.456 e. The zero-order valence-electron chi connectivity index (χ0n) is 40.2. The molecule has 0 atom stereocenters. The zero-order valence-corrected chi connectivity index (χ0v) is 20.8. The van der Waals surface area contributed by atoms with E-state index in [0.29, 0.717) is 11.3 Å². The summed E-state index contributed by atoms with van der Waals surface area (Å²) < 4.78 is 189. The van der Waals surface area contributed by atoms with E-state index in [2.05, 4.69) is 0 Å². The molecule has 0 spiro atoms. The van der Waals surface area contributed by atoms with Crippen LogP contribution in [0.25, 0.3) is 75.5 Å². The molecule has 0 bridgehead atoms. The smallest absolute Gasteiger partial charge is 0.136 e. The topological polar surface area (TPSA) is 13.1 Å². The molecule has 0 N–H and O–H groups in total. The van der Waals surface area contributed by atoms with Crippen molar-refractivity contribution in [3.05, 3.63) is 132 Å². The quantitative estimate of drug-likeness (QED) is 0.210. The molecule has 0 saturated carbocycles. The molecule has 0 saturated heterocycles. The van der Waals surface area contributed by atoms with Crippen LogP contribution in [0, 0.1) is 0 Å². The lowest BCUT2D eigenvalue weighted by Crippen LogP contribution is -1.82. The first-order chi connectivity index (χ1) is 28.0. The summed E-state index contributed by atoms with van der Waals surface area (Å²) in [5, 5.41) is -1.52. The van der Waals surface area contributed by atoms with E-state index in [1.54, 1.807) is 0 Å². The molecule has 8 aromatic rings. The van der Waals surface area contributed by atoms with E-state index in [-0.39, 0.29) is 36.5 Å². The third-order valence-electron chi connectivity index (χ3n) is 6.01. The van der Waals surface area contributed by atoms with Crippen molar-refractivity contribution < 1.29 is 33.2 Å². The highest BCUT2D eigenvalue weighted by Crippen LogP contribution is 2.44. The Morgan fingerprint density at radius 2 is 1.15 bits per heavy atom. The van der Waals surface area contributed by atoms with Gasteiger partial charge in [-0.1, -0.05) is 108 Å². The minimum absolute atomic E-state index is 0.163. The van der Waals surface area contributed by atoms with Crippen LogP contribution in [0.1, 0.15) is 28.8 Å². The van der Waals surface area contributed by atoms with Gasteiger partial charge >= 0.3 is 0 Å². The Labute approximate surface area is 264 Å². The molecular weight excluding hydrogens is 516 g/mol. The fourth-order valence-corrected chi connectivity index (χ4v) is 5.76. The van der Waals surface area contributed by atoms with E-state index in [9.17, 15) is 2.74 Å². The van der Waals surface area contributed by atoms with Gasteiger partial charge in [-0.05, 0) is 63.6 Å². The van der Waals surface area contributed by atoms with Crippen molar-refractivity contribution in [1.82, 2.24) is 0 Å². The molecule has 184 valence electrons. The van der Waals surface area contributed by atoms with Crippen LogP contribution in [-0.2, 0) is 0 Å². The molecule has 0 radical (unpaired) electrons. The summed E-state index contributed by atoms with van der Waals surface area (Å²) in [4.78, 5) is 0. The van der Waals surface area contributed by atoms with Gasteiger partial charge in [-0.3, -0.25) is 0 Å². The van der Waals surface area contributed by atoms with Crippen LogP contribution in [0.5, 0.6) is 0 Å². The summed E-state index contributed by atoms with van der Waals surface area (Å²) in [6.07, 6.45) is 0. The Morgan fingerprint density at radius 3 is 1.95 bits per heavy atom. The Balaban J connectivity index is 1.56. The summed E-state index contributed by atoms with van der Waals surface area (Å²) in [7, 11) is 0. The van der Waals surface area contributed by atoms with Crippen LogP contribution in [0.3, 0.4) is 0 Å². The fourth-order valence-electron chi connectivity index (χ4n) is 4.31. The number of hydrogen-bond donors (Lipinski definition) is 0. The molecule has 0 unspecified atom stereocenters. The van der Waals surface area contributed by atoms with Gasteiger partial charge in [-0.15, -0.1) is 11.3 Å². The first kappa shape index (κ1) is 9.98. The second kappa shape index (κ2) is 8.84. The van der Waals surface area contributed by atoms with E-state index in [1.807, 2.05) is 0 Å². The normalized spacial score (nSPS) is 19.3. The van der Waals surface area contributed by atoms with Gasteiger partial charge in [0.1, 0.15) is 11.2 Å². The summed E-state index contributed by atoms with van der Waals surface area (Å²) in [6, 6.07) is -15.6. The standard InChI is InChI=1S/C36H21ClOS/c37-31-16-7-17-33-34(31)30-21-24(18-19-32(30)38-33)23-10-4-11-25(20-23)27-13-6-15-29-28-14-5-12-26(35(28)39-36(27)29)22-8-2-1-3-9-22/h1-21H/i1D,2D,3D,4D,5D,6D,7D,8D,9D,10D,11D,12D,13D,14D,15D,16D,17D,18D,19D,20D,21D. The van der Waals surface area contributed by atoms with Crippen LogP contribution in [0.15, 0.2) is 131 Å². The minimum atomic E-state index is -0.893. The largest absolute Gasteiger partial charge is 0.456 e. The number of fused-ring (bicyclic) bond motifs is 6. The molecular formula is C36H21ClOS. The van der Waals surface area contributed by atoms with Crippen molar-refractivity contribution in [3.8, 4) is 33.4 Å². The highest BCUT2D eigenvalue weighted by atomic mass is 35.5. The van der Waals surface area contributed by atoms with Crippen LogP contribution in [0.2, 0.25) is 5.02 Å². The molecule has 0 amide bonds. The van der Waals surface area contributed by atoms with Crippen LogP contribution < -0.4 is 0 Å². The summed E-state index contributed by atoms with van der Waals surface area (Å²) in [5.74, 6) is 0. The van der Waals surface area contributed by atoms with E-state index in [4.69, 9.17) is 42.1 Å². The van der Waals surface area contributed by atoms with Crippen LogP contribution in [0.4, 0.5) is 0 Å². The second-order valence-electron chi connectivity index (χ2n) is 8.21. The molecule has 2 heterocycles. The third kappa shape index (κ3) is 3.60. The van der Waals surface area contributed by atoms with Gasteiger partial charge in [0.15, 0.2) is 0 Å². The first-order valence-corrected chi connectivity index (χ1v) is 12.4. The molecule has 2 aromatic heterocycles. The van der Waals surface area contributed by atoms with Crippen LogP contribution in [-0.4, -0.2) is 0 Å². The van der Waals surface area contributed by atoms with Crippen molar-refractivity contribution >= 4 is 65.0 Å². The first-order valence-electron chi connectivity index (χ1n) is 21.8. The van der Waals surface area contributed by atoms with Gasteiger partial charge in [-0.2, -0.15) is 0 Å². The lowest BCUT2D eigenvalue weighted by molar-refractivity contribution is 0.669. The molecule has 3 heteroatoms. The molecule has 8 rings (SSSR count).